The third-order valence-corrected chi connectivity index (χ3v) is 0. The van der Waals surface area contributed by atoms with E-state index in [1.165, 1.54) is 0 Å². The molecule has 0 aliphatic heterocycles. The van der Waals surface area contributed by atoms with Crippen LogP contribution in [0.25, 0.3) is 0 Å². The van der Waals surface area contributed by atoms with Crippen LogP contribution in [0.5, 0.6) is 0 Å². The van der Waals surface area contributed by atoms with Crippen LogP contribution in [0.2, 0.25) is 0 Å². The Hall–Kier alpha value is 1.21. The van der Waals surface area contributed by atoms with Gasteiger partial charge in [-0.25, -0.2) is 0 Å². The van der Waals surface area contributed by atoms with Gasteiger partial charge in [0.25, 0.3) is 0 Å². The van der Waals surface area contributed by atoms with E-state index < -0.39 is 0 Å². The van der Waals surface area contributed by atoms with Gasteiger partial charge in [0.15, 0.2) is 0 Å². The topological polar surface area (TPSA) is 63.0 Å². The summed E-state index contributed by atoms with van der Waals surface area (Å²) < 4.78 is 0. The summed E-state index contributed by atoms with van der Waals surface area (Å²) in [6.45, 7) is 0. The second kappa shape index (κ2) is 63.1. The minimum atomic E-state index is 0. The Labute approximate surface area is 56.8 Å². The Kier molecular flexibility index (Phi) is 1450. The van der Waals surface area contributed by atoms with Gasteiger partial charge in [-0.05, 0) is 0 Å². The molecule has 0 amide bonds. The predicted octanol–water partition coefficient (Wildman–Crippen LogP) is -1.23. The molecule has 2 nitrogen and oxygen atoms in total. The zero-order valence-corrected chi connectivity index (χ0v) is 4.90. The maximum atomic E-state index is 0. The summed E-state index contributed by atoms with van der Waals surface area (Å²) in [6, 6.07) is 0. The molecule has 0 fully saturated rings. The van der Waals surface area contributed by atoms with E-state index in [-0.39, 0.29) is 56.6 Å². The van der Waals surface area contributed by atoms with Crippen molar-refractivity contribution >= 4 is 12.4 Å². The second-order valence-electron chi connectivity index (χ2n) is 0. The summed E-state index contributed by atoms with van der Waals surface area (Å²) in [5, 5.41) is 0. The quantitative estimate of drug-likeness (QED) is 0.429. The van der Waals surface area contributed by atoms with Crippen molar-refractivity contribution in [2.45, 2.75) is 0 Å². The predicted molar refractivity (Wildman–Crippen MR) is 14.5 cm³/mol. The molecule has 5 heteroatoms. The van der Waals surface area contributed by atoms with Crippen LogP contribution in [0.15, 0.2) is 0 Å². The summed E-state index contributed by atoms with van der Waals surface area (Å²) >= 11 is 0. The van der Waals surface area contributed by atoms with Gasteiger partial charge in [0.2, 0.25) is 0 Å². The molecule has 0 aromatic carbocycles. The minimum Gasteiger partial charge on any atom is -0.412 e. The molecule has 0 heterocycles. The van der Waals surface area contributed by atoms with Gasteiger partial charge in [-0.2, -0.15) is 0 Å². The molecule has 0 aromatic rings. The van der Waals surface area contributed by atoms with Crippen molar-refractivity contribution in [2.24, 2.45) is 0 Å². The zero-order chi connectivity index (χ0) is 0. The first kappa shape index (κ1) is 115. The van der Waals surface area contributed by atoms with Crippen molar-refractivity contribution in [3.05, 3.63) is 0 Å². The number of hydrogen-bond acceptors (Lipinski definition) is 0. The van der Waals surface area contributed by atoms with E-state index in [1.54, 1.807) is 0 Å². The number of rotatable bonds is 0. The fraction of sp³-hybridized carbons (Fsp3) is 0. The fourth-order valence-electron chi connectivity index (χ4n) is 0. The molecule has 0 aliphatic rings. The summed E-state index contributed by atoms with van der Waals surface area (Å²) in [4.78, 5) is 0. The van der Waals surface area contributed by atoms with Gasteiger partial charge in [-0.3, -0.25) is 0 Å². The van der Waals surface area contributed by atoms with Crippen molar-refractivity contribution < 1.29 is 44.2 Å². The Morgan fingerprint density at radius 2 is 0.800 bits per heavy atom. The van der Waals surface area contributed by atoms with E-state index >= 15 is 0 Å². The van der Waals surface area contributed by atoms with Gasteiger partial charge in [0, 0.05) is 33.3 Å². The first-order chi connectivity index (χ1) is 0. The summed E-state index contributed by atoms with van der Waals surface area (Å²) in [5.74, 6) is 0. The molecule has 0 atom stereocenters. The molecule has 0 aliphatic carbocycles. The average molecular weight is 190 g/mol. The zero-order valence-electron chi connectivity index (χ0n) is 2.06. The van der Waals surface area contributed by atoms with Gasteiger partial charge in [-0.15, -0.1) is 12.4 Å². The van der Waals surface area contributed by atoms with Crippen molar-refractivity contribution in [1.29, 1.82) is 0 Å². The van der Waals surface area contributed by atoms with E-state index in [4.69, 9.17) is 0 Å². The molecule has 1 radical (unpaired) electrons. The molecule has 0 aromatic heterocycles. The maximum absolute atomic E-state index is 0. The standard InChI is InChI=1S/ClH.Co.Ni.2H2O/h1H;;;2*1H2. The van der Waals surface area contributed by atoms with Gasteiger partial charge < -0.3 is 11.0 Å². The van der Waals surface area contributed by atoms with E-state index in [9.17, 15) is 0 Å². The van der Waals surface area contributed by atoms with Gasteiger partial charge in [-0.1, -0.05) is 0 Å². The molecular weight excluding hydrogens is 185 g/mol. The van der Waals surface area contributed by atoms with E-state index in [0.717, 1.165) is 0 Å². The van der Waals surface area contributed by atoms with Crippen molar-refractivity contribution in [3.63, 3.8) is 0 Å². The molecule has 0 bridgehead atoms. The van der Waals surface area contributed by atoms with Crippen LogP contribution in [0.3, 0.4) is 0 Å². The van der Waals surface area contributed by atoms with Crippen molar-refractivity contribution in [2.75, 3.05) is 0 Å². The smallest absolute Gasteiger partial charge is 0 e. The molecule has 0 saturated carbocycles. The summed E-state index contributed by atoms with van der Waals surface area (Å²) in [5.41, 5.74) is 0. The van der Waals surface area contributed by atoms with Crippen LogP contribution >= 0.6 is 12.4 Å². The Morgan fingerprint density at radius 3 is 0.800 bits per heavy atom. The summed E-state index contributed by atoms with van der Waals surface area (Å²) in [6.07, 6.45) is 0. The molecule has 43 valence electrons. The van der Waals surface area contributed by atoms with Gasteiger partial charge >= 0.3 is 0 Å². The van der Waals surface area contributed by atoms with E-state index in [1.807, 2.05) is 0 Å². The van der Waals surface area contributed by atoms with Gasteiger partial charge in [0.05, 0.1) is 0 Å². The molecule has 5 heavy (non-hydrogen) atoms. The van der Waals surface area contributed by atoms with Crippen LogP contribution in [-0.4, -0.2) is 11.0 Å². The van der Waals surface area contributed by atoms with Crippen molar-refractivity contribution in [1.82, 2.24) is 0 Å². The molecule has 0 rings (SSSR count). The SMILES string of the molecule is Cl.O.O.[Co].[Ni]. The Bertz CT molecular complexity index is 9.61. The number of halogens is 1. The molecule has 4 N–H and O–H groups in total. The van der Waals surface area contributed by atoms with Crippen LogP contribution in [0, 0.1) is 0 Å². The average Bonchev–Trinajstić information content (AvgIpc) is 0. The number of hydrogen-bond donors (Lipinski definition) is 0. The third-order valence-electron chi connectivity index (χ3n) is 0. The molecule has 0 saturated heterocycles. The second-order valence-corrected chi connectivity index (χ2v) is 0. The Balaban J connectivity index is 0. The Morgan fingerprint density at radius 1 is 0.800 bits per heavy atom. The van der Waals surface area contributed by atoms with Gasteiger partial charge in [0.1, 0.15) is 0 Å². The molecular formula is H5ClCoNiO2. The first-order valence-electron chi connectivity index (χ1n) is 0. The van der Waals surface area contributed by atoms with Crippen LogP contribution in [0.1, 0.15) is 0 Å². The van der Waals surface area contributed by atoms with Crippen LogP contribution in [-0.2, 0) is 33.3 Å². The monoisotopic (exact) mass is 189 g/mol. The third kappa shape index (κ3) is 36.7. The first-order valence-corrected chi connectivity index (χ1v) is 0. The molecule has 0 spiro atoms. The van der Waals surface area contributed by atoms with Crippen LogP contribution < -0.4 is 0 Å². The summed E-state index contributed by atoms with van der Waals surface area (Å²) in [7, 11) is 0. The maximum Gasteiger partial charge on any atom is 0 e. The molecule has 0 unspecified atom stereocenters. The normalized spacial score (nSPS) is 0. The van der Waals surface area contributed by atoms with E-state index in [0.29, 0.717) is 0 Å². The minimum absolute atomic E-state index is 0. The van der Waals surface area contributed by atoms with Crippen LogP contribution in [0.4, 0.5) is 0 Å². The largest absolute Gasteiger partial charge is 0.412 e. The van der Waals surface area contributed by atoms with Crippen molar-refractivity contribution in [3.8, 4) is 0 Å². The fourth-order valence-corrected chi connectivity index (χ4v) is 0. The van der Waals surface area contributed by atoms with E-state index in [2.05, 4.69) is 0 Å².